The molecule has 2 amide bonds. The second-order valence-corrected chi connectivity index (χ2v) is 11.9. The number of nitrogens with zero attached hydrogens (tertiary/aromatic N) is 4. The zero-order valence-electron chi connectivity index (χ0n) is 26.9. The summed E-state index contributed by atoms with van der Waals surface area (Å²) in [6.45, 7) is 7.58. The monoisotopic (exact) mass is 653 g/mol. The van der Waals surface area contributed by atoms with Crippen molar-refractivity contribution in [2.24, 2.45) is 5.92 Å². The number of ether oxygens (including phenoxy) is 2. The van der Waals surface area contributed by atoms with Crippen molar-refractivity contribution in [1.82, 2.24) is 20.2 Å². The topological polar surface area (TPSA) is 96.9 Å². The van der Waals surface area contributed by atoms with Crippen LogP contribution in [-0.4, -0.2) is 72.1 Å². The summed E-state index contributed by atoms with van der Waals surface area (Å²) in [6, 6.07) is 11.8. The van der Waals surface area contributed by atoms with Gasteiger partial charge in [-0.25, -0.2) is 0 Å². The summed E-state index contributed by atoms with van der Waals surface area (Å²) in [5, 5.41) is 3.14. The van der Waals surface area contributed by atoms with Gasteiger partial charge in [0, 0.05) is 37.2 Å². The van der Waals surface area contributed by atoms with Gasteiger partial charge in [-0.1, -0.05) is 30.3 Å². The second-order valence-electron chi connectivity index (χ2n) is 11.9. The first-order valence-corrected chi connectivity index (χ1v) is 16.4. The minimum atomic E-state index is -4.42. The summed E-state index contributed by atoms with van der Waals surface area (Å²) >= 11 is 0. The number of hydrogen-bond acceptors (Lipinski definition) is 7. The Labute approximate surface area is 273 Å². The second kappa shape index (κ2) is 15.6. The molecule has 1 aliphatic heterocycles. The number of carbonyl (C=O) groups is 2. The highest BCUT2D eigenvalue weighted by molar-refractivity contribution is 6.01. The molecule has 3 aromatic rings. The van der Waals surface area contributed by atoms with Crippen LogP contribution in [0.25, 0.3) is 11.1 Å². The number of piperidine rings is 1. The van der Waals surface area contributed by atoms with Crippen molar-refractivity contribution < 1.29 is 32.2 Å². The summed E-state index contributed by atoms with van der Waals surface area (Å²) in [4.78, 5) is 39.3. The lowest BCUT2D eigenvalue weighted by atomic mass is 9.97. The Morgan fingerprint density at radius 3 is 2.15 bits per heavy atom. The van der Waals surface area contributed by atoms with Gasteiger partial charge in [-0.3, -0.25) is 9.59 Å². The van der Waals surface area contributed by atoms with Gasteiger partial charge < -0.3 is 24.6 Å². The molecule has 0 unspecified atom stereocenters. The number of nitrogens with one attached hydrogen (secondary N) is 1. The minimum Gasteiger partial charge on any atom is -0.476 e. The van der Waals surface area contributed by atoms with Gasteiger partial charge in [0.2, 0.25) is 17.7 Å². The highest BCUT2D eigenvalue weighted by atomic mass is 19.4. The number of carbonyl (C=O) groups excluding carboxylic acids is 2. The van der Waals surface area contributed by atoms with Crippen LogP contribution < -0.4 is 19.7 Å². The van der Waals surface area contributed by atoms with Gasteiger partial charge in [-0.15, -0.1) is 0 Å². The quantitative estimate of drug-likeness (QED) is 0.202. The van der Waals surface area contributed by atoms with E-state index in [1.54, 1.807) is 29.2 Å². The van der Waals surface area contributed by atoms with Crippen molar-refractivity contribution in [3.05, 3.63) is 66.0 Å². The van der Waals surface area contributed by atoms with Crippen LogP contribution in [0.4, 0.5) is 18.9 Å². The molecule has 0 radical (unpaired) electrons. The third-order valence-corrected chi connectivity index (χ3v) is 8.50. The fourth-order valence-corrected chi connectivity index (χ4v) is 5.89. The van der Waals surface area contributed by atoms with E-state index in [1.807, 2.05) is 13.8 Å². The van der Waals surface area contributed by atoms with Crippen LogP contribution in [0.1, 0.15) is 68.3 Å². The van der Waals surface area contributed by atoms with Crippen molar-refractivity contribution in [2.45, 2.75) is 64.6 Å². The smallest absolute Gasteiger partial charge is 0.416 e. The fourth-order valence-electron chi connectivity index (χ4n) is 5.89. The molecule has 1 saturated carbocycles. The van der Waals surface area contributed by atoms with Gasteiger partial charge in [-0.2, -0.15) is 23.1 Å². The van der Waals surface area contributed by atoms with E-state index in [0.717, 1.165) is 70.3 Å². The Morgan fingerprint density at radius 2 is 1.55 bits per heavy atom. The molecular formula is C35H42F3N5O4. The average Bonchev–Trinajstić information content (AvgIpc) is 3.92. The Morgan fingerprint density at radius 1 is 0.915 bits per heavy atom. The molecule has 2 fully saturated rings. The van der Waals surface area contributed by atoms with Crippen LogP contribution in [0.5, 0.6) is 11.8 Å². The highest BCUT2D eigenvalue weighted by Gasteiger charge is 2.37. The van der Waals surface area contributed by atoms with E-state index in [4.69, 9.17) is 9.47 Å². The Kier molecular flexibility index (Phi) is 11.3. The van der Waals surface area contributed by atoms with Crippen molar-refractivity contribution >= 4 is 17.5 Å². The Hall–Kier alpha value is -4.19. The van der Waals surface area contributed by atoms with E-state index in [2.05, 4.69) is 20.2 Å². The SMILES string of the molecule is CCOc1ncnc(OCC)c1N(CCCCN1CCC(NC(=O)c2ccccc2-c2ccc(C(F)(F)F)cc2)CC1)C(=O)C1CC1. The number of benzene rings is 2. The zero-order chi connectivity index (χ0) is 33.4. The van der Waals surface area contributed by atoms with E-state index >= 15 is 0 Å². The van der Waals surface area contributed by atoms with Gasteiger partial charge in [-0.05, 0) is 88.2 Å². The molecule has 1 N–H and O–H groups in total. The molecule has 252 valence electrons. The first-order chi connectivity index (χ1) is 22.7. The number of aromatic nitrogens is 2. The van der Waals surface area contributed by atoms with Crippen molar-refractivity contribution in [2.75, 3.05) is 44.3 Å². The van der Waals surface area contributed by atoms with Crippen LogP contribution >= 0.6 is 0 Å². The minimum absolute atomic E-state index is 0.00174. The number of likely N-dealkylation sites (tertiary alicyclic amines) is 1. The summed E-state index contributed by atoms with van der Waals surface area (Å²) in [5.41, 5.74) is 1.36. The zero-order valence-corrected chi connectivity index (χ0v) is 26.9. The van der Waals surface area contributed by atoms with Gasteiger partial charge in [0.05, 0.1) is 18.8 Å². The van der Waals surface area contributed by atoms with Crippen LogP contribution in [0.3, 0.4) is 0 Å². The van der Waals surface area contributed by atoms with Crippen LogP contribution in [0, 0.1) is 5.92 Å². The summed E-state index contributed by atoms with van der Waals surface area (Å²) < 4.78 is 50.6. The summed E-state index contributed by atoms with van der Waals surface area (Å²) in [6.07, 6.45) is 1.97. The standard InChI is InChI=1S/C35H42F3N5O4/c1-3-46-32-30(33(47-4-2)40-23-39-32)43(34(45)25-11-12-25)20-8-7-19-42-21-17-27(18-22-42)41-31(44)29-10-6-5-9-28(29)24-13-15-26(16-14-24)35(36,37)38/h5-6,9-10,13-16,23,25,27H,3-4,7-8,11-12,17-22H2,1-2H3,(H,41,44). The lowest BCUT2D eigenvalue weighted by Gasteiger charge is -2.32. The maximum absolute atomic E-state index is 13.4. The molecule has 1 aliphatic carbocycles. The number of amides is 2. The average molecular weight is 654 g/mol. The third-order valence-electron chi connectivity index (χ3n) is 8.50. The molecule has 12 heteroatoms. The van der Waals surface area contributed by atoms with Gasteiger partial charge in [0.1, 0.15) is 6.33 Å². The van der Waals surface area contributed by atoms with Gasteiger partial charge in [0.25, 0.3) is 5.91 Å². The molecule has 2 aliphatic rings. The fraction of sp³-hybridized carbons (Fsp3) is 0.486. The van der Waals surface area contributed by atoms with Crippen LogP contribution in [-0.2, 0) is 11.0 Å². The molecule has 5 rings (SSSR count). The number of unbranched alkanes of at least 4 members (excludes halogenated alkanes) is 1. The van der Waals surface area contributed by atoms with Crippen molar-refractivity contribution in [1.29, 1.82) is 0 Å². The number of rotatable bonds is 14. The van der Waals surface area contributed by atoms with Gasteiger partial charge in [0.15, 0.2) is 5.69 Å². The number of hydrogen-bond donors (Lipinski definition) is 1. The molecule has 47 heavy (non-hydrogen) atoms. The summed E-state index contributed by atoms with van der Waals surface area (Å²) in [7, 11) is 0. The van der Waals surface area contributed by atoms with Crippen molar-refractivity contribution in [3.63, 3.8) is 0 Å². The highest BCUT2D eigenvalue weighted by Crippen LogP contribution is 2.39. The normalized spacial score (nSPS) is 15.7. The predicted molar refractivity (Wildman–Crippen MR) is 172 cm³/mol. The van der Waals surface area contributed by atoms with Crippen molar-refractivity contribution in [3.8, 4) is 22.9 Å². The molecule has 9 nitrogen and oxygen atoms in total. The van der Waals surface area contributed by atoms with E-state index in [9.17, 15) is 22.8 Å². The molecule has 2 heterocycles. The van der Waals surface area contributed by atoms with Gasteiger partial charge >= 0.3 is 6.18 Å². The van der Waals surface area contributed by atoms with E-state index in [-0.39, 0.29) is 23.8 Å². The largest absolute Gasteiger partial charge is 0.476 e. The molecule has 0 atom stereocenters. The molecule has 1 saturated heterocycles. The third kappa shape index (κ3) is 8.79. The lowest BCUT2D eigenvalue weighted by molar-refractivity contribution is -0.137. The Bertz CT molecular complexity index is 1480. The number of alkyl halides is 3. The van der Waals surface area contributed by atoms with E-state index in [0.29, 0.717) is 53.9 Å². The first kappa shape index (κ1) is 34.2. The predicted octanol–water partition coefficient (Wildman–Crippen LogP) is 6.38. The maximum atomic E-state index is 13.4. The van der Waals surface area contributed by atoms with E-state index < -0.39 is 11.7 Å². The molecule has 0 spiro atoms. The van der Waals surface area contributed by atoms with Crippen LogP contribution in [0.2, 0.25) is 0 Å². The van der Waals surface area contributed by atoms with E-state index in [1.165, 1.54) is 18.5 Å². The number of halogens is 3. The Balaban J connectivity index is 1.13. The molecule has 0 bridgehead atoms. The molecule has 1 aromatic heterocycles. The lowest BCUT2D eigenvalue weighted by Crippen LogP contribution is -2.45. The maximum Gasteiger partial charge on any atom is 0.416 e. The summed E-state index contributed by atoms with van der Waals surface area (Å²) in [5.74, 6) is 0.535. The molecular weight excluding hydrogens is 611 g/mol. The molecule has 2 aromatic carbocycles. The van der Waals surface area contributed by atoms with Crippen LogP contribution in [0.15, 0.2) is 54.9 Å². The number of anilines is 1. The first-order valence-electron chi connectivity index (χ1n) is 16.4.